The molecule has 2 nitrogen and oxygen atoms in total. The van der Waals surface area contributed by atoms with Crippen molar-refractivity contribution in [1.29, 1.82) is 0 Å². The molecule has 2 aliphatic carbocycles. The highest BCUT2D eigenvalue weighted by Crippen LogP contribution is 2.37. The van der Waals surface area contributed by atoms with Crippen molar-refractivity contribution in [3.8, 4) is 0 Å². The molecule has 1 saturated carbocycles. The molecule has 26 heavy (non-hydrogen) atoms. The number of hydrogen-bond donors (Lipinski definition) is 0. The van der Waals surface area contributed by atoms with Gasteiger partial charge in [-0.15, -0.1) is 0 Å². The molecule has 2 aliphatic rings. The number of carbonyl (C=O) groups excluding carboxylic acids is 2. The van der Waals surface area contributed by atoms with Gasteiger partial charge in [0.1, 0.15) is 12.6 Å². The third kappa shape index (κ3) is 7.37. The molecule has 5 atom stereocenters. The predicted octanol–water partition coefficient (Wildman–Crippen LogP) is 6.39. The molecule has 0 N–H and O–H groups in total. The highest BCUT2D eigenvalue weighted by molar-refractivity contribution is 5.57. The first-order valence-electron chi connectivity index (χ1n) is 11.1. The number of hydrogen-bond acceptors (Lipinski definition) is 2. The minimum Gasteiger partial charge on any atom is -0.303 e. The van der Waals surface area contributed by atoms with Crippen molar-refractivity contribution in [2.24, 2.45) is 35.5 Å². The lowest BCUT2D eigenvalue weighted by Crippen LogP contribution is -2.20. The van der Waals surface area contributed by atoms with Gasteiger partial charge < -0.3 is 9.59 Å². The van der Waals surface area contributed by atoms with E-state index in [4.69, 9.17) is 0 Å². The third-order valence-corrected chi connectivity index (χ3v) is 6.64. The Kier molecular flexibility index (Phi) is 9.08. The van der Waals surface area contributed by atoms with Gasteiger partial charge in [0.05, 0.1) is 0 Å². The Morgan fingerprint density at radius 3 is 2.54 bits per heavy atom. The van der Waals surface area contributed by atoms with Crippen LogP contribution in [0.4, 0.5) is 0 Å². The first kappa shape index (κ1) is 21.4. The molecular weight excluding hydrogens is 320 g/mol. The molecule has 0 aromatic rings. The summed E-state index contributed by atoms with van der Waals surface area (Å²) in [6, 6.07) is 0. The smallest absolute Gasteiger partial charge is 0.126 e. The van der Waals surface area contributed by atoms with Crippen LogP contribution < -0.4 is 0 Å². The third-order valence-electron chi connectivity index (χ3n) is 6.64. The summed E-state index contributed by atoms with van der Waals surface area (Å²) in [5.74, 6) is 3.38. The van der Waals surface area contributed by atoms with Gasteiger partial charge in [0.25, 0.3) is 0 Å². The van der Waals surface area contributed by atoms with Gasteiger partial charge >= 0.3 is 0 Å². The molecule has 5 unspecified atom stereocenters. The highest BCUT2D eigenvalue weighted by atomic mass is 16.1. The summed E-state index contributed by atoms with van der Waals surface area (Å²) in [7, 11) is 0. The second-order valence-corrected chi connectivity index (χ2v) is 9.71. The first-order valence-corrected chi connectivity index (χ1v) is 11.1. The van der Waals surface area contributed by atoms with E-state index >= 15 is 0 Å². The van der Waals surface area contributed by atoms with E-state index in [2.05, 4.69) is 26.8 Å². The van der Waals surface area contributed by atoms with Crippen LogP contribution in [0, 0.1) is 35.5 Å². The van der Waals surface area contributed by atoms with Crippen molar-refractivity contribution in [3.63, 3.8) is 0 Å². The van der Waals surface area contributed by atoms with Gasteiger partial charge in [0.15, 0.2) is 0 Å². The van der Waals surface area contributed by atoms with Gasteiger partial charge in [-0.05, 0) is 68.6 Å². The Balaban J connectivity index is 1.76. The van der Waals surface area contributed by atoms with Crippen LogP contribution in [0.3, 0.4) is 0 Å². The zero-order chi connectivity index (χ0) is 18.9. The van der Waals surface area contributed by atoms with Gasteiger partial charge in [-0.1, -0.05) is 58.1 Å². The molecule has 148 valence electrons. The lowest BCUT2D eigenvalue weighted by atomic mass is 9.75. The summed E-state index contributed by atoms with van der Waals surface area (Å²) >= 11 is 0. The second kappa shape index (κ2) is 11.0. The SMILES string of the molecule is CC(C)CCC1=CC(C=O)CC(CC(C)CCC2CCCC(C=O)C2)C1. The minimum atomic E-state index is 0.148. The van der Waals surface area contributed by atoms with E-state index in [1.165, 1.54) is 63.2 Å². The molecule has 0 aliphatic heterocycles. The maximum Gasteiger partial charge on any atom is 0.126 e. The predicted molar refractivity (Wildman–Crippen MR) is 109 cm³/mol. The van der Waals surface area contributed by atoms with Crippen molar-refractivity contribution in [2.45, 2.75) is 91.4 Å². The van der Waals surface area contributed by atoms with Crippen LogP contribution in [0.1, 0.15) is 91.4 Å². The lowest BCUT2D eigenvalue weighted by molar-refractivity contribution is -0.112. The van der Waals surface area contributed by atoms with Crippen LogP contribution in [-0.2, 0) is 9.59 Å². The van der Waals surface area contributed by atoms with Crippen molar-refractivity contribution in [1.82, 2.24) is 0 Å². The van der Waals surface area contributed by atoms with Crippen molar-refractivity contribution in [3.05, 3.63) is 11.6 Å². The zero-order valence-corrected chi connectivity index (χ0v) is 17.3. The molecular formula is C24H40O2. The zero-order valence-electron chi connectivity index (χ0n) is 17.3. The average molecular weight is 361 g/mol. The topological polar surface area (TPSA) is 34.1 Å². The monoisotopic (exact) mass is 360 g/mol. The molecule has 0 saturated heterocycles. The Morgan fingerprint density at radius 2 is 1.85 bits per heavy atom. The number of aldehydes is 2. The van der Waals surface area contributed by atoms with Crippen LogP contribution >= 0.6 is 0 Å². The summed E-state index contributed by atoms with van der Waals surface area (Å²) < 4.78 is 0. The van der Waals surface area contributed by atoms with Gasteiger partial charge in [0, 0.05) is 11.8 Å². The normalized spacial score (nSPS) is 30.7. The van der Waals surface area contributed by atoms with E-state index in [1.54, 1.807) is 0 Å². The van der Waals surface area contributed by atoms with E-state index in [9.17, 15) is 9.59 Å². The van der Waals surface area contributed by atoms with Gasteiger partial charge in [-0.3, -0.25) is 0 Å². The number of allylic oxidation sites excluding steroid dienone is 2. The minimum absolute atomic E-state index is 0.148. The van der Waals surface area contributed by atoms with Crippen molar-refractivity contribution < 1.29 is 9.59 Å². The van der Waals surface area contributed by atoms with Crippen LogP contribution in [-0.4, -0.2) is 12.6 Å². The molecule has 0 aromatic carbocycles. The lowest BCUT2D eigenvalue weighted by Gasteiger charge is -2.30. The molecule has 0 aromatic heterocycles. The fourth-order valence-corrected chi connectivity index (χ4v) is 5.14. The molecule has 2 rings (SSSR count). The first-order chi connectivity index (χ1) is 12.5. The molecule has 1 fully saturated rings. The fraction of sp³-hybridized carbons (Fsp3) is 0.833. The van der Waals surface area contributed by atoms with E-state index in [0.717, 1.165) is 43.3 Å². The highest BCUT2D eigenvalue weighted by Gasteiger charge is 2.25. The molecule has 0 spiro atoms. The molecule has 0 bridgehead atoms. The summed E-state index contributed by atoms with van der Waals surface area (Å²) in [6.45, 7) is 6.95. The van der Waals surface area contributed by atoms with Crippen LogP contribution in [0.25, 0.3) is 0 Å². The summed E-state index contributed by atoms with van der Waals surface area (Å²) in [4.78, 5) is 22.5. The number of rotatable bonds is 10. The van der Waals surface area contributed by atoms with Crippen LogP contribution in [0.2, 0.25) is 0 Å². The molecule has 0 amide bonds. The quantitative estimate of drug-likeness (QED) is 0.334. The van der Waals surface area contributed by atoms with Crippen LogP contribution in [0.15, 0.2) is 11.6 Å². The Hall–Kier alpha value is -0.920. The standard InChI is InChI=1S/C24H40O2/c1-18(2)7-9-21-13-23(15-24(14-21)17-26)11-19(3)8-10-20-5-4-6-22(12-20)16-25/h14,16-20,22-24H,4-13,15H2,1-3H3. The second-order valence-electron chi connectivity index (χ2n) is 9.71. The Bertz CT molecular complexity index is 465. The van der Waals surface area contributed by atoms with Gasteiger partial charge in [-0.2, -0.15) is 0 Å². The Morgan fingerprint density at radius 1 is 1.04 bits per heavy atom. The molecule has 0 heterocycles. The van der Waals surface area contributed by atoms with Gasteiger partial charge in [-0.25, -0.2) is 0 Å². The summed E-state index contributed by atoms with van der Waals surface area (Å²) in [6.07, 6.45) is 17.9. The maximum atomic E-state index is 11.4. The van der Waals surface area contributed by atoms with Crippen molar-refractivity contribution >= 4 is 12.6 Å². The molecule has 0 radical (unpaired) electrons. The van der Waals surface area contributed by atoms with Crippen LogP contribution in [0.5, 0.6) is 0 Å². The van der Waals surface area contributed by atoms with Crippen molar-refractivity contribution in [2.75, 3.05) is 0 Å². The molecule has 2 heteroatoms. The Labute approximate surface area is 161 Å². The van der Waals surface area contributed by atoms with E-state index in [1.807, 2.05) is 0 Å². The summed E-state index contributed by atoms with van der Waals surface area (Å²) in [5, 5.41) is 0. The average Bonchev–Trinajstić information content (AvgIpc) is 2.64. The van der Waals surface area contributed by atoms with Gasteiger partial charge in [0.2, 0.25) is 0 Å². The fourth-order valence-electron chi connectivity index (χ4n) is 5.14. The largest absolute Gasteiger partial charge is 0.303 e. The maximum absolute atomic E-state index is 11.4. The summed E-state index contributed by atoms with van der Waals surface area (Å²) in [5.41, 5.74) is 1.53. The number of carbonyl (C=O) groups is 2. The van der Waals surface area contributed by atoms with E-state index < -0.39 is 0 Å². The van der Waals surface area contributed by atoms with E-state index in [-0.39, 0.29) is 5.92 Å². The van der Waals surface area contributed by atoms with E-state index in [0.29, 0.717) is 11.8 Å².